The zero-order chi connectivity index (χ0) is 27.3. The van der Waals surface area contributed by atoms with Gasteiger partial charge in [0.2, 0.25) is 5.91 Å². The number of carbonyl (C=O) groups is 2. The number of rotatable bonds is 12. The second-order valence-electron chi connectivity index (χ2n) is 8.00. The van der Waals surface area contributed by atoms with E-state index < -0.39 is 18.0 Å². The summed E-state index contributed by atoms with van der Waals surface area (Å²) in [5.41, 5.74) is 4.77. The van der Waals surface area contributed by atoms with Gasteiger partial charge in [-0.15, -0.1) is 0 Å². The Morgan fingerprint density at radius 1 is 0.974 bits per heavy atom. The van der Waals surface area contributed by atoms with E-state index in [4.69, 9.17) is 37.4 Å². The Balaban J connectivity index is 1.66. The third-order valence-corrected chi connectivity index (χ3v) is 5.72. The lowest BCUT2D eigenvalue weighted by Gasteiger charge is -2.18. The number of nitrogens with one attached hydrogen (secondary N) is 2. The van der Waals surface area contributed by atoms with Gasteiger partial charge in [-0.25, -0.2) is 10.2 Å². The minimum Gasteiger partial charge on any atom is -0.490 e. The maximum Gasteiger partial charge on any atom is 0.407 e. The lowest BCUT2D eigenvalue weighted by atomic mass is 10.0. The number of ether oxygens (including phenoxy) is 3. The molecule has 0 aromatic heterocycles. The van der Waals surface area contributed by atoms with Crippen LogP contribution in [0.15, 0.2) is 71.8 Å². The van der Waals surface area contributed by atoms with Crippen LogP contribution in [-0.4, -0.2) is 31.4 Å². The van der Waals surface area contributed by atoms with Crippen LogP contribution >= 0.6 is 23.2 Å². The summed E-state index contributed by atoms with van der Waals surface area (Å²) in [6, 6.07) is 19.2. The Labute approximate surface area is 231 Å². The molecule has 3 rings (SSSR count). The molecule has 1 atom stereocenters. The van der Waals surface area contributed by atoms with Gasteiger partial charge in [0.1, 0.15) is 6.61 Å². The topological polar surface area (TPSA) is 98.2 Å². The number of alkyl carbamates (subject to hydrolysis) is 1. The molecule has 0 spiro atoms. The van der Waals surface area contributed by atoms with Gasteiger partial charge in [0.25, 0.3) is 0 Å². The third-order valence-electron chi connectivity index (χ3n) is 5.19. The first-order valence-electron chi connectivity index (χ1n) is 12.0. The zero-order valence-corrected chi connectivity index (χ0v) is 22.6. The molecule has 38 heavy (non-hydrogen) atoms. The Bertz CT molecular complexity index is 1240. The van der Waals surface area contributed by atoms with Crippen LogP contribution in [0.1, 0.15) is 43.0 Å². The molecule has 0 aliphatic carbocycles. The van der Waals surface area contributed by atoms with Crippen molar-refractivity contribution < 1.29 is 23.8 Å². The van der Waals surface area contributed by atoms with E-state index in [9.17, 15) is 9.59 Å². The van der Waals surface area contributed by atoms with E-state index in [0.717, 1.165) is 11.1 Å². The van der Waals surface area contributed by atoms with Gasteiger partial charge in [0.05, 0.1) is 36.9 Å². The first-order chi connectivity index (χ1) is 18.4. The molecular weight excluding hydrogens is 529 g/mol. The SMILES string of the molecule is CCOC(=O)N[C@@H](CC(=O)N/N=C\c1cc(Cl)c(OCc2ccc(Cl)cc2)c(OCC)c1)c1ccccc1. The van der Waals surface area contributed by atoms with E-state index >= 15 is 0 Å². The second kappa shape index (κ2) is 14.9. The average molecular weight is 558 g/mol. The zero-order valence-electron chi connectivity index (χ0n) is 21.1. The molecule has 8 nitrogen and oxygen atoms in total. The molecule has 0 aliphatic rings. The summed E-state index contributed by atoms with van der Waals surface area (Å²) in [7, 11) is 0. The molecule has 2 amide bonds. The molecule has 2 N–H and O–H groups in total. The lowest BCUT2D eigenvalue weighted by molar-refractivity contribution is -0.121. The standard InChI is InChI=1S/C28H29Cl2N3O5/c1-3-36-25-15-20(14-23(30)27(25)38-18-19-10-12-22(29)13-11-19)17-31-33-26(34)16-24(32-28(35)37-4-2)21-8-6-5-7-9-21/h5-15,17,24H,3-4,16,18H2,1-2H3,(H,32,35)(H,33,34)/b31-17-/t24-/m0/s1. The molecule has 0 saturated carbocycles. The predicted octanol–water partition coefficient (Wildman–Crippen LogP) is 6.30. The van der Waals surface area contributed by atoms with Crippen LogP contribution < -0.4 is 20.2 Å². The van der Waals surface area contributed by atoms with Crippen molar-refractivity contribution >= 4 is 41.4 Å². The van der Waals surface area contributed by atoms with Crippen LogP contribution in [0.4, 0.5) is 4.79 Å². The van der Waals surface area contributed by atoms with Crippen molar-refractivity contribution in [3.8, 4) is 11.5 Å². The fourth-order valence-electron chi connectivity index (χ4n) is 3.46. The van der Waals surface area contributed by atoms with Gasteiger partial charge in [-0.05, 0) is 54.8 Å². The number of nitrogens with zero attached hydrogens (tertiary/aromatic N) is 1. The number of halogens is 2. The number of hydrogen-bond donors (Lipinski definition) is 2. The van der Waals surface area contributed by atoms with E-state index in [-0.39, 0.29) is 19.6 Å². The largest absolute Gasteiger partial charge is 0.490 e. The van der Waals surface area contributed by atoms with Gasteiger partial charge >= 0.3 is 6.09 Å². The summed E-state index contributed by atoms with van der Waals surface area (Å²) in [6.45, 7) is 4.47. The maximum atomic E-state index is 12.6. The Morgan fingerprint density at radius 3 is 2.39 bits per heavy atom. The molecule has 3 aromatic carbocycles. The summed E-state index contributed by atoms with van der Waals surface area (Å²) < 4.78 is 16.6. The van der Waals surface area contributed by atoms with Gasteiger partial charge in [-0.2, -0.15) is 5.10 Å². The van der Waals surface area contributed by atoms with E-state index in [1.54, 1.807) is 31.2 Å². The van der Waals surface area contributed by atoms with Gasteiger partial charge in [0, 0.05) is 5.02 Å². The molecule has 0 fully saturated rings. The minimum absolute atomic E-state index is 0.0391. The summed E-state index contributed by atoms with van der Waals surface area (Å²) in [4.78, 5) is 24.5. The van der Waals surface area contributed by atoms with Gasteiger partial charge in [0.15, 0.2) is 11.5 Å². The molecule has 3 aromatic rings. The van der Waals surface area contributed by atoms with Crippen LogP contribution in [0.2, 0.25) is 10.0 Å². The number of carbonyl (C=O) groups excluding carboxylic acids is 2. The highest BCUT2D eigenvalue weighted by atomic mass is 35.5. The van der Waals surface area contributed by atoms with E-state index in [2.05, 4.69) is 15.8 Å². The monoisotopic (exact) mass is 557 g/mol. The van der Waals surface area contributed by atoms with Crippen molar-refractivity contribution in [2.24, 2.45) is 5.10 Å². The normalized spacial score (nSPS) is 11.6. The first kappa shape index (κ1) is 28.8. The first-order valence-corrected chi connectivity index (χ1v) is 12.8. The smallest absolute Gasteiger partial charge is 0.407 e. The maximum absolute atomic E-state index is 12.6. The lowest BCUT2D eigenvalue weighted by Crippen LogP contribution is -2.33. The highest BCUT2D eigenvalue weighted by Crippen LogP contribution is 2.37. The summed E-state index contributed by atoms with van der Waals surface area (Å²) in [6.07, 6.45) is 0.808. The molecule has 0 saturated heterocycles. The fraction of sp³-hybridized carbons (Fsp3) is 0.250. The van der Waals surface area contributed by atoms with Crippen LogP contribution in [0.25, 0.3) is 0 Å². The minimum atomic E-state index is -0.603. The Kier molecular flexibility index (Phi) is 11.3. The molecule has 0 unspecified atom stereocenters. The van der Waals surface area contributed by atoms with Gasteiger partial charge in [-0.3, -0.25) is 4.79 Å². The molecule has 0 heterocycles. The fourth-order valence-corrected chi connectivity index (χ4v) is 3.86. The van der Waals surface area contributed by atoms with Crippen molar-refractivity contribution in [3.63, 3.8) is 0 Å². The highest BCUT2D eigenvalue weighted by Gasteiger charge is 2.19. The molecule has 10 heteroatoms. The van der Waals surface area contributed by atoms with Crippen LogP contribution in [0.5, 0.6) is 11.5 Å². The van der Waals surface area contributed by atoms with Gasteiger partial charge in [-0.1, -0.05) is 65.7 Å². The van der Waals surface area contributed by atoms with Gasteiger partial charge < -0.3 is 19.5 Å². The summed E-state index contributed by atoms with van der Waals surface area (Å²) in [5, 5.41) is 7.72. The van der Waals surface area contributed by atoms with Crippen LogP contribution in [-0.2, 0) is 16.1 Å². The molecule has 0 bridgehead atoms. The molecular formula is C28H29Cl2N3O5. The van der Waals surface area contributed by atoms with Crippen molar-refractivity contribution in [1.82, 2.24) is 10.7 Å². The van der Waals surface area contributed by atoms with Crippen molar-refractivity contribution in [2.75, 3.05) is 13.2 Å². The van der Waals surface area contributed by atoms with E-state index in [0.29, 0.717) is 33.7 Å². The summed E-state index contributed by atoms with van der Waals surface area (Å²) in [5.74, 6) is 0.455. The summed E-state index contributed by atoms with van der Waals surface area (Å²) >= 11 is 12.4. The number of hydrogen-bond acceptors (Lipinski definition) is 6. The predicted molar refractivity (Wildman–Crippen MR) is 148 cm³/mol. The van der Waals surface area contributed by atoms with E-state index in [1.807, 2.05) is 49.4 Å². The van der Waals surface area contributed by atoms with E-state index in [1.165, 1.54) is 6.21 Å². The van der Waals surface area contributed by atoms with Crippen molar-refractivity contribution in [2.45, 2.75) is 32.9 Å². The number of benzene rings is 3. The Morgan fingerprint density at radius 2 is 1.71 bits per heavy atom. The van der Waals surface area contributed by atoms with Crippen molar-refractivity contribution in [1.29, 1.82) is 0 Å². The van der Waals surface area contributed by atoms with Crippen LogP contribution in [0, 0.1) is 0 Å². The Hall–Kier alpha value is -3.75. The third kappa shape index (κ3) is 8.97. The molecule has 0 aliphatic heterocycles. The van der Waals surface area contributed by atoms with Crippen LogP contribution in [0.3, 0.4) is 0 Å². The van der Waals surface area contributed by atoms with Crippen molar-refractivity contribution in [3.05, 3.63) is 93.5 Å². The number of hydrazone groups is 1. The quantitative estimate of drug-likeness (QED) is 0.201. The average Bonchev–Trinajstić information content (AvgIpc) is 2.90. The molecule has 0 radical (unpaired) electrons. The number of amides is 2. The second-order valence-corrected chi connectivity index (χ2v) is 8.85. The highest BCUT2D eigenvalue weighted by molar-refractivity contribution is 6.32. The molecule has 200 valence electrons.